The Balaban J connectivity index is 1.52. The van der Waals surface area contributed by atoms with E-state index in [1.54, 1.807) is 31.3 Å². The van der Waals surface area contributed by atoms with E-state index in [2.05, 4.69) is 32.0 Å². The third-order valence-electron chi connectivity index (χ3n) is 6.67. The minimum atomic E-state index is 0.242. The van der Waals surface area contributed by atoms with Crippen LogP contribution in [0.25, 0.3) is 22.3 Å². The van der Waals surface area contributed by atoms with Gasteiger partial charge in [0.25, 0.3) is 0 Å². The van der Waals surface area contributed by atoms with E-state index in [1.807, 2.05) is 37.5 Å². The number of anilines is 2. The minimum Gasteiger partial charge on any atom is -0.497 e. The zero-order valence-electron chi connectivity index (χ0n) is 21.1. The molecule has 1 unspecified atom stereocenters. The highest BCUT2D eigenvalue weighted by molar-refractivity contribution is 5.82. The molecule has 0 saturated carbocycles. The molecule has 1 aliphatic heterocycles. The van der Waals surface area contributed by atoms with Crippen molar-refractivity contribution in [3.63, 3.8) is 0 Å². The Kier molecular flexibility index (Phi) is 7.02. The number of benzene rings is 2. The number of fused-ring (bicyclic) bond motifs is 1. The average molecular weight is 488 g/mol. The van der Waals surface area contributed by atoms with Crippen LogP contribution in [0.4, 0.5) is 11.4 Å². The highest BCUT2D eigenvalue weighted by Crippen LogP contribution is 2.34. The zero-order valence-corrected chi connectivity index (χ0v) is 21.1. The van der Waals surface area contributed by atoms with Gasteiger partial charge in [0, 0.05) is 74.1 Å². The van der Waals surface area contributed by atoms with Gasteiger partial charge in [-0.2, -0.15) is 5.10 Å². The molecular formula is C27H33N7O2. The number of nitrogens with zero attached hydrogens (tertiary/aromatic N) is 6. The van der Waals surface area contributed by atoms with Crippen LogP contribution >= 0.6 is 0 Å². The molecule has 2 N–H and O–H groups in total. The molecule has 36 heavy (non-hydrogen) atoms. The molecule has 0 spiro atoms. The van der Waals surface area contributed by atoms with E-state index in [1.165, 1.54) is 0 Å². The summed E-state index contributed by atoms with van der Waals surface area (Å²) < 4.78 is 12.9. The Hall–Kier alpha value is -3.69. The molecule has 1 aliphatic rings. The van der Waals surface area contributed by atoms with Gasteiger partial charge in [-0.3, -0.25) is 9.67 Å². The summed E-state index contributed by atoms with van der Waals surface area (Å²) in [6, 6.07) is 12.4. The van der Waals surface area contributed by atoms with Crippen molar-refractivity contribution in [1.82, 2.24) is 24.6 Å². The maximum Gasteiger partial charge on any atom is 0.124 e. The van der Waals surface area contributed by atoms with E-state index in [9.17, 15) is 0 Å². The number of hydrogen-bond donors (Lipinski definition) is 1. The fraction of sp³-hybridized carbons (Fsp3) is 0.370. The Morgan fingerprint density at radius 3 is 2.53 bits per heavy atom. The number of hydrogen-bond acceptors (Lipinski definition) is 8. The van der Waals surface area contributed by atoms with Crippen molar-refractivity contribution in [2.24, 2.45) is 12.8 Å². The molecular weight excluding hydrogens is 454 g/mol. The van der Waals surface area contributed by atoms with E-state index in [0.717, 1.165) is 84.2 Å². The van der Waals surface area contributed by atoms with Crippen LogP contribution in [-0.2, 0) is 7.05 Å². The second kappa shape index (κ2) is 10.5. The molecule has 188 valence electrons. The second-order valence-electron chi connectivity index (χ2n) is 9.26. The maximum absolute atomic E-state index is 6.25. The summed E-state index contributed by atoms with van der Waals surface area (Å²) in [5.74, 6) is 1.49. The number of aryl methyl sites for hydroxylation is 1. The van der Waals surface area contributed by atoms with Crippen molar-refractivity contribution in [3.8, 4) is 22.8 Å². The van der Waals surface area contributed by atoms with Crippen molar-refractivity contribution < 1.29 is 9.47 Å². The van der Waals surface area contributed by atoms with Gasteiger partial charge in [-0.1, -0.05) is 0 Å². The Morgan fingerprint density at radius 2 is 1.83 bits per heavy atom. The van der Waals surface area contributed by atoms with Gasteiger partial charge in [-0.25, -0.2) is 4.98 Å². The van der Waals surface area contributed by atoms with Gasteiger partial charge in [0.05, 0.1) is 43.3 Å². The van der Waals surface area contributed by atoms with Gasteiger partial charge < -0.3 is 25.0 Å². The normalized spacial score (nSPS) is 16.3. The topological polar surface area (TPSA) is 94.6 Å². The summed E-state index contributed by atoms with van der Waals surface area (Å²) in [6.07, 6.45) is 7.77. The number of likely N-dealkylation sites (tertiary alicyclic amines) is 1. The largest absolute Gasteiger partial charge is 0.497 e. The molecule has 5 rings (SSSR count). The van der Waals surface area contributed by atoms with Crippen LogP contribution in [0.5, 0.6) is 11.5 Å². The Morgan fingerprint density at radius 1 is 1.03 bits per heavy atom. The van der Waals surface area contributed by atoms with Crippen LogP contribution in [0, 0.1) is 0 Å². The summed E-state index contributed by atoms with van der Waals surface area (Å²) >= 11 is 0. The lowest BCUT2D eigenvalue weighted by atomic mass is 10.1. The highest BCUT2D eigenvalue weighted by atomic mass is 16.5. The fourth-order valence-electron chi connectivity index (χ4n) is 4.75. The van der Waals surface area contributed by atoms with Crippen LogP contribution in [0.2, 0.25) is 0 Å². The first-order valence-electron chi connectivity index (χ1n) is 12.3. The second-order valence-corrected chi connectivity index (χ2v) is 9.26. The third kappa shape index (κ3) is 5.27. The van der Waals surface area contributed by atoms with E-state index in [-0.39, 0.29) is 6.04 Å². The number of nitrogens with two attached hydrogens (primary N) is 1. The highest BCUT2D eigenvalue weighted by Gasteiger charge is 2.19. The first kappa shape index (κ1) is 24.0. The van der Waals surface area contributed by atoms with Gasteiger partial charge >= 0.3 is 0 Å². The molecule has 0 amide bonds. The number of aromatic nitrogens is 4. The predicted octanol–water partition coefficient (Wildman–Crippen LogP) is 3.61. The SMILES string of the molecule is COc1cc(OC)cc(N(CCN2CCCC(N)C2)c2ccc3ncc(-c4cnn(C)c4)nc3c2)c1. The van der Waals surface area contributed by atoms with Gasteiger partial charge in [0.2, 0.25) is 0 Å². The lowest BCUT2D eigenvalue weighted by molar-refractivity contribution is 0.214. The minimum absolute atomic E-state index is 0.242. The Bertz CT molecular complexity index is 1320. The van der Waals surface area contributed by atoms with Crippen LogP contribution in [0.15, 0.2) is 55.0 Å². The van der Waals surface area contributed by atoms with E-state index in [4.69, 9.17) is 20.2 Å². The van der Waals surface area contributed by atoms with Gasteiger partial charge in [0.15, 0.2) is 0 Å². The van der Waals surface area contributed by atoms with Crippen LogP contribution < -0.4 is 20.1 Å². The molecule has 9 heteroatoms. The molecule has 3 heterocycles. The lowest BCUT2D eigenvalue weighted by Gasteiger charge is -2.33. The van der Waals surface area contributed by atoms with Crippen LogP contribution in [0.3, 0.4) is 0 Å². The monoisotopic (exact) mass is 487 g/mol. The maximum atomic E-state index is 6.25. The third-order valence-corrected chi connectivity index (χ3v) is 6.67. The predicted molar refractivity (Wildman–Crippen MR) is 142 cm³/mol. The summed E-state index contributed by atoms with van der Waals surface area (Å²) in [6.45, 7) is 3.67. The molecule has 4 aromatic rings. The number of ether oxygens (including phenoxy) is 2. The fourth-order valence-corrected chi connectivity index (χ4v) is 4.75. The number of rotatable bonds is 8. The van der Waals surface area contributed by atoms with Crippen molar-refractivity contribution in [2.75, 3.05) is 45.3 Å². The molecule has 1 fully saturated rings. The van der Waals surface area contributed by atoms with Gasteiger partial charge in [0.1, 0.15) is 11.5 Å². The zero-order chi connectivity index (χ0) is 25.1. The van der Waals surface area contributed by atoms with E-state index in [0.29, 0.717) is 0 Å². The summed E-state index contributed by atoms with van der Waals surface area (Å²) in [4.78, 5) is 14.3. The van der Waals surface area contributed by atoms with E-state index < -0.39 is 0 Å². The van der Waals surface area contributed by atoms with Crippen molar-refractivity contribution >= 4 is 22.4 Å². The molecule has 9 nitrogen and oxygen atoms in total. The first-order valence-corrected chi connectivity index (χ1v) is 12.3. The molecule has 0 bridgehead atoms. The van der Waals surface area contributed by atoms with Crippen LogP contribution in [-0.4, -0.2) is 71.1 Å². The number of methoxy groups -OCH3 is 2. The van der Waals surface area contributed by atoms with Crippen molar-refractivity contribution in [3.05, 3.63) is 55.0 Å². The molecule has 1 atom stereocenters. The number of piperidine rings is 1. The summed E-state index contributed by atoms with van der Waals surface area (Å²) in [5.41, 5.74) is 11.7. The lowest BCUT2D eigenvalue weighted by Crippen LogP contribution is -2.45. The molecule has 1 saturated heterocycles. The molecule has 2 aromatic heterocycles. The first-order chi connectivity index (χ1) is 17.5. The Labute approximate surface area is 211 Å². The van der Waals surface area contributed by atoms with E-state index >= 15 is 0 Å². The average Bonchev–Trinajstić information content (AvgIpc) is 3.34. The van der Waals surface area contributed by atoms with Gasteiger partial charge in [-0.15, -0.1) is 0 Å². The van der Waals surface area contributed by atoms with Gasteiger partial charge in [-0.05, 0) is 37.6 Å². The van der Waals surface area contributed by atoms with Crippen molar-refractivity contribution in [1.29, 1.82) is 0 Å². The summed E-state index contributed by atoms with van der Waals surface area (Å²) in [7, 11) is 5.23. The van der Waals surface area contributed by atoms with Crippen molar-refractivity contribution in [2.45, 2.75) is 18.9 Å². The molecule has 0 radical (unpaired) electrons. The molecule has 2 aromatic carbocycles. The standard InChI is InChI=1S/C27H33N7O2/c1-32-17-19(15-30-32)27-16-29-25-7-6-21(13-26(25)31-27)34(10-9-33-8-4-5-20(28)18-33)22-11-23(35-2)14-24(12-22)36-3/h6-7,11-17,20H,4-5,8-10,18,28H2,1-3H3. The smallest absolute Gasteiger partial charge is 0.124 e. The summed E-state index contributed by atoms with van der Waals surface area (Å²) in [5, 5.41) is 4.27. The van der Waals surface area contributed by atoms with Crippen LogP contribution in [0.1, 0.15) is 12.8 Å². The molecule has 0 aliphatic carbocycles. The quantitative estimate of drug-likeness (QED) is 0.403.